The molecule has 0 aliphatic rings. The predicted molar refractivity (Wildman–Crippen MR) is 63.5 cm³/mol. The highest BCUT2D eigenvalue weighted by molar-refractivity contribution is 7.15. The molecule has 0 amide bonds. The van der Waals surface area contributed by atoms with Crippen LogP contribution >= 0.6 is 11.3 Å². The number of rotatable bonds is 5. The lowest BCUT2D eigenvalue weighted by Gasteiger charge is -2.29. The van der Waals surface area contributed by atoms with Gasteiger partial charge in [-0.05, 0) is 12.8 Å². The van der Waals surface area contributed by atoms with E-state index in [2.05, 4.69) is 15.5 Å². The Hall–Kier alpha value is -0.890. The number of nitrogens with zero attached hydrogens (tertiary/aromatic N) is 2. The standard InChI is InChI=1S/C10H16F3N3OS/c1-4-6(2)9(3,17)5-14-8-16-15-7(18-8)10(11,12)13/h6,17H,4-5H2,1-3H3,(H,14,16). The number of aliphatic hydroxyl groups is 1. The van der Waals surface area contributed by atoms with Crippen molar-refractivity contribution in [3.05, 3.63) is 5.01 Å². The van der Waals surface area contributed by atoms with E-state index < -0.39 is 16.8 Å². The van der Waals surface area contributed by atoms with Gasteiger partial charge in [-0.15, -0.1) is 10.2 Å². The summed E-state index contributed by atoms with van der Waals surface area (Å²) in [4.78, 5) is 0. The third-order valence-corrected chi connectivity index (χ3v) is 3.86. The van der Waals surface area contributed by atoms with Crippen molar-refractivity contribution >= 4 is 16.5 Å². The summed E-state index contributed by atoms with van der Waals surface area (Å²) in [7, 11) is 0. The average Bonchev–Trinajstić information content (AvgIpc) is 2.73. The Bertz CT molecular complexity index is 392. The Morgan fingerprint density at radius 2 is 2.00 bits per heavy atom. The van der Waals surface area contributed by atoms with E-state index in [9.17, 15) is 18.3 Å². The number of hydrogen-bond acceptors (Lipinski definition) is 5. The van der Waals surface area contributed by atoms with Crippen LogP contribution in [0.4, 0.5) is 18.3 Å². The maximum Gasteiger partial charge on any atom is 0.445 e. The molecule has 104 valence electrons. The van der Waals surface area contributed by atoms with Crippen molar-refractivity contribution in [3.63, 3.8) is 0 Å². The van der Waals surface area contributed by atoms with E-state index in [0.29, 0.717) is 11.3 Å². The highest BCUT2D eigenvalue weighted by atomic mass is 32.1. The van der Waals surface area contributed by atoms with Gasteiger partial charge in [-0.2, -0.15) is 13.2 Å². The van der Waals surface area contributed by atoms with Crippen molar-refractivity contribution in [2.75, 3.05) is 11.9 Å². The number of nitrogens with one attached hydrogen (secondary N) is 1. The number of anilines is 1. The minimum atomic E-state index is -4.48. The Labute approximate surface area is 107 Å². The smallest absolute Gasteiger partial charge is 0.388 e. The lowest BCUT2D eigenvalue weighted by Crippen LogP contribution is -2.39. The van der Waals surface area contributed by atoms with Crippen LogP contribution in [0.25, 0.3) is 0 Å². The molecule has 1 aromatic heterocycles. The summed E-state index contributed by atoms with van der Waals surface area (Å²) in [6.07, 6.45) is -3.70. The number of alkyl halides is 3. The van der Waals surface area contributed by atoms with Gasteiger partial charge in [0, 0.05) is 6.54 Å². The van der Waals surface area contributed by atoms with Crippen LogP contribution in [0.15, 0.2) is 0 Å². The summed E-state index contributed by atoms with van der Waals surface area (Å²) in [6, 6.07) is 0. The number of halogens is 3. The second kappa shape index (κ2) is 5.40. The summed E-state index contributed by atoms with van der Waals surface area (Å²) in [6.45, 7) is 5.59. The van der Waals surface area contributed by atoms with Crippen LogP contribution in [-0.2, 0) is 6.18 Å². The second-order valence-corrected chi connectivity index (χ2v) is 5.41. The molecule has 0 saturated carbocycles. The molecule has 0 aliphatic heterocycles. The third kappa shape index (κ3) is 3.81. The van der Waals surface area contributed by atoms with Gasteiger partial charge in [0.25, 0.3) is 0 Å². The minimum absolute atomic E-state index is 0.0278. The summed E-state index contributed by atoms with van der Waals surface area (Å²) in [5, 5.41) is 18.3. The molecule has 1 heterocycles. The van der Waals surface area contributed by atoms with Crippen LogP contribution in [0.5, 0.6) is 0 Å². The van der Waals surface area contributed by atoms with E-state index in [1.165, 1.54) is 0 Å². The van der Waals surface area contributed by atoms with E-state index in [1.807, 2.05) is 13.8 Å². The van der Waals surface area contributed by atoms with Gasteiger partial charge in [0.1, 0.15) is 0 Å². The summed E-state index contributed by atoms with van der Waals surface area (Å²) >= 11 is 0.430. The molecule has 0 aromatic carbocycles. The van der Waals surface area contributed by atoms with Gasteiger partial charge in [0.2, 0.25) is 10.1 Å². The largest absolute Gasteiger partial charge is 0.445 e. The predicted octanol–water partition coefficient (Wildman–Crippen LogP) is 2.77. The maximum absolute atomic E-state index is 12.3. The van der Waals surface area contributed by atoms with Gasteiger partial charge in [-0.3, -0.25) is 0 Å². The SMILES string of the molecule is CCC(C)C(C)(O)CNc1nnc(C(F)(F)F)s1. The van der Waals surface area contributed by atoms with Crippen LogP contribution in [0, 0.1) is 5.92 Å². The normalized spacial score (nSPS) is 17.3. The molecule has 2 N–H and O–H groups in total. The van der Waals surface area contributed by atoms with Crippen molar-refractivity contribution in [2.45, 2.75) is 39.0 Å². The first-order valence-electron chi connectivity index (χ1n) is 5.53. The van der Waals surface area contributed by atoms with Crippen molar-refractivity contribution in [2.24, 2.45) is 5.92 Å². The average molecular weight is 283 g/mol. The molecule has 2 atom stereocenters. The molecule has 0 bridgehead atoms. The quantitative estimate of drug-likeness (QED) is 0.872. The first-order chi connectivity index (χ1) is 8.16. The van der Waals surface area contributed by atoms with Crippen molar-refractivity contribution in [3.8, 4) is 0 Å². The molecular formula is C10H16F3N3OS. The van der Waals surface area contributed by atoms with Gasteiger partial charge in [0.15, 0.2) is 0 Å². The fraction of sp³-hybridized carbons (Fsp3) is 0.800. The molecule has 18 heavy (non-hydrogen) atoms. The fourth-order valence-electron chi connectivity index (χ4n) is 1.28. The van der Waals surface area contributed by atoms with Gasteiger partial charge >= 0.3 is 6.18 Å². The van der Waals surface area contributed by atoms with E-state index >= 15 is 0 Å². The van der Waals surface area contributed by atoms with Crippen molar-refractivity contribution in [1.29, 1.82) is 0 Å². The molecule has 0 fully saturated rings. The third-order valence-electron chi connectivity index (χ3n) is 2.94. The molecule has 1 rings (SSSR count). The van der Waals surface area contributed by atoms with E-state index in [4.69, 9.17) is 0 Å². The second-order valence-electron chi connectivity index (χ2n) is 4.43. The minimum Gasteiger partial charge on any atom is -0.388 e. The summed E-state index contributed by atoms with van der Waals surface area (Å²) in [5.41, 5.74) is -1.00. The topological polar surface area (TPSA) is 58.0 Å². The molecule has 4 nitrogen and oxygen atoms in total. The molecule has 2 unspecified atom stereocenters. The van der Waals surface area contributed by atoms with E-state index in [0.717, 1.165) is 6.42 Å². The molecule has 8 heteroatoms. The number of hydrogen-bond donors (Lipinski definition) is 2. The van der Waals surface area contributed by atoms with Crippen LogP contribution in [0.3, 0.4) is 0 Å². The van der Waals surface area contributed by atoms with Crippen LogP contribution in [-0.4, -0.2) is 27.4 Å². The molecule has 0 radical (unpaired) electrons. The van der Waals surface area contributed by atoms with Gasteiger partial charge < -0.3 is 10.4 Å². The summed E-state index contributed by atoms with van der Waals surface area (Å²) in [5.74, 6) is 0.0278. The van der Waals surface area contributed by atoms with Gasteiger partial charge in [-0.1, -0.05) is 31.6 Å². The molecule has 0 spiro atoms. The molecule has 0 aliphatic carbocycles. The Balaban J connectivity index is 2.62. The van der Waals surface area contributed by atoms with E-state index in [-0.39, 0.29) is 17.6 Å². The maximum atomic E-state index is 12.3. The van der Waals surface area contributed by atoms with Gasteiger partial charge in [-0.25, -0.2) is 0 Å². The molecular weight excluding hydrogens is 267 g/mol. The Kier molecular flexibility index (Phi) is 4.55. The zero-order valence-electron chi connectivity index (χ0n) is 10.4. The zero-order valence-corrected chi connectivity index (χ0v) is 11.2. The van der Waals surface area contributed by atoms with Crippen molar-refractivity contribution in [1.82, 2.24) is 10.2 Å². The molecule has 0 saturated heterocycles. The highest BCUT2D eigenvalue weighted by Crippen LogP contribution is 2.33. The number of aromatic nitrogens is 2. The Morgan fingerprint density at radius 3 is 2.44 bits per heavy atom. The zero-order chi connectivity index (χ0) is 14.0. The lowest BCUT2D eigenvalue weighted by atomic mass is 9.89. The first kappa shape index (κ1) is 15.2. The van der Waals surface area contributed by atoms with Gasteiger partial charge in [0.05, 0.1) is 5.60 Å². The summed E-state index contributed by atoms with van der Waals surface area (Å²) < 4.78 is 36.9. The van der Waals surface area contributed by atoms with Crippen LogP contribution in [0.1, 0.15) is 32.2 Å². The fourth-order valence-corrected chi connectivity index (χ4v) is 1.88. The highest BCUT2D eigenvalue weighted by Gasteiger charge is 2.36. The monoisotopic (exact) mass is 283 g/mol. The molecule has 1 aromatic rings. The van der Waals surface area contributed by atoms with E-state index in [1.54, 1.807) is 6.92 Å². The lowest BCUT2D eigenvalue weighted by molar-refractivity contribution is -0.138. The first-order valence-corrected chi connectivity index (χ1v) is 6.35. The van der Waals surface area contributed by atoms with Crippen LogP contribution < -0.4 is 5.32 Å². The van der Waals surface area contributed by atoms with Crippen LogP contribution in [0.2, 0.25) is 0 Å². The van der Waals surface area contributed by atoms with Crippen molar-refractivity contribution < 1.29 is 18.3 Å². The Morgan fingerprint density at radius 1 is 1.39 bits per heavy atom.